The lowest BCUT2D eigenvalue weighted by Gasteiger charge is -2.27. The molecule has 0 aliphatic rings. The molecule has 3 rings (SSSR count). The van der Waals surface area contributed by atoms with Crippen molar-refractivity contribution in [3.8, 4) is 11.1 Å². The molecule has 0 fully saturated rings. The summed E-state index contributed by atoms with van der Waals surface area (Å²) in [4.78, 5) is 38.3. The van der Waals surface area contributed by atoms with Crippen LogP contribution in [0.2, 0.25) is 0 Å². The number of imide groups is 1. The maximum absolute atomic E-state index is 12.9. The highest BCUT2D eigenvalue weighted by molar-refractivity contribution is 9.10. The van der Waals surface area contributed by atoms with Gasteiger partial charge in [0.15, 0.2) is 0 Å². The molecular formula is C22H25BrN4O4. The first kappa shape index (κ1) is 22.7. The molecule has 164 valence electrons. The highest BCUT2D eigenvalue weighted by Crippen LogP contribution is 2.32. The quantitative estimate of drug-likeness (QED) is 0.439. The second kappa shape index (κ2) is 8.30. The molecule has 1 N–H and O–H groups in total. The Kier molecular flexibility index (Phi) is 6.09. The Morgan fingerprint density at radius 2 is 1.61 bits per heavy atom. The van der Waals surface area contributed by atoms with Gasteiger partial charge in [0.1, 0.15) is 21.6 Å². The van der Waals surface area contributed by atoms with E-state index in [-0.39, 0.29) is 5.82 Å². The molecule has 0 aromatic carbocycles. The summed E-state index contributed by atoms with van der Waals surface area (Å²) < 4.78 is 11.6. The van der Waals surface area contributed by atoms with E-state index in [1.807, 2.05) is 12.1 Å². The summed E-state index contributed by atoms with van der Waals surface area (Å²) >= 11 is 3.37. The van der Waals surface area contributed by atoms with E-state index in [1.54, 1.807) is 66.2 Å². The Balaban J connectivity index is 2.10. The minimum absolute atomic E-state index is 0.223. The van der Waals surface area contributed by atoms with Crippen LogP contribution in [-0.4, -0.2) is 38.3 Å². The summed E-state index contributed by atoms with van der Waals surface area (Å²) in [6.07, 6.45) is 3.35. The highest BCUT2D eigenvalue weighted by atomic mass is 79.9. The van der Waals surface area contributed by atoms with Gasteiger partial charge in [0, 0.05) is 29.5 Å². The molecule has 31 heavy (non-hydrogen) atoms. The van der Waals surface area contributed by atoms with E-state index in [1.165, 1.54) is 0 Å². The predicted octanol–water partition coefficient (Wildman–Crippen LogP) is 6.06. The minimum Gasteiger partial charge on any atom is -0.443 e. The van der Waals surface area contributed by atoms with Gasteiger partial charge in [-0.25, -0.2) is 14.6 Å². The summed E-state index contributed by atoms with van der Waals surface area (Å²) in [6, 6.07) is 5.37. The van der Waals surface area contributed by atoms with Gasteiger partial charge in [-0.1, -0.05) is 0 Å². The third kappa shape index (κ3) is 5.61. The Morgan fingerprint density at radius 3 is 2.16 bits per heavy atom. The number of H-pyrrole nitrogens is 1. The van der Waals surface area contributed by atoms with Crippen molar-refractivity contribution in [2.45, 2.75) is 52.7 Å². The number of halogens is 1. The average Bonchev–Trinajstić information content (AvgIpc) is 3.01. The Bertz CT molecular complexity index is 1100. The summed E-state index contributed by atoms with van der Waals surface area (Å²) in [7, 11) is 0. The van der Waals surface area contributed by atoms with Crippen LogP contribution in [0.4, 0.5) is 15.4 Å². The van der Waals surface area contributed by atoms with Crippen molar-refractivity contribution in [2.24, 2.45) is 0 Å². The first-order valence-electron chi connectivity index (χ1n) is 9.69. The highest BCUT2D eigenvalue weighted by Gasteiger charge is 2.33. The number of ether oxygens (including phenoxy) is 2. The molecule has 0 aliphatic carbocycles. The van der Waals surface area contributed by atoms with Crippen molar-refractivity contribution in [3.63, 3.8) is 0 Å². The van der Waals surface area contributed by atoms with Crippen LogP contribution in [0.3, 0.4) is 0 Å². The number of anilines is 1. The topological polar surface area (TPSA) is 97.4 Å². The maximum atomic E-state index is 12.9. The normalized spacial score (nSPS) is 12.0. The molecule has 3 aromatic heterocycles. The Labute approximate surface area is 189 Å². The number of aromatic amines is 1. The molecule has 0 radical (unpaired) electrons. The van der Waals surface area contributed by atoms with Gasteiger partial charge in [0.25, 0.3) is 0 Å². The third-order valence-electron chi connectivity index (χ3n) is 3.95. The van der Waals surface area contributed by atoms with E-state index in [4.69, 9.17) is 9.47 Å². The zero-order valence-electron chi connectivity index (χ0n) is 18.3. The SMILES string of the molecule is CC(C)(C)OC(=O)N(C(=O)OC(C)(C)C)c1cc2cncc(-c3ccnc(Br)c3)c2[nH]1. The van der Waals surface area contributed by atoms with E-state index < -0.39 is 23.4 Å². The van der Waals surface area contributed by atoms with Gasteiger partial charge in [-0.3, -0.25) is 4.98 Å². The van der Waals surface area contributed by atoms with E-state index in [9.17, 15) is 9.59 Å². The van der Waals surface area contributed by atoms with Gasteiger partial charge in [0.2, 0.25) is 0 Å². The first-order chi connectivity index (χ1) is 14.3. The van der Waals surface area contributed by atoms with Crippen molar-refractivity contribution in [1.82, 2.24) is 15.0 Å². The van der Waals surface area contributed by atoms with Crippen LogP contribution in [0.25, 0.3) is 22.0 Å². The lowest BCUT2D eigenvalue weighted by molar-refractivity contribution is 0.0429. The zero-order valence-corrected chi connectivity index (χ0v) is 19.9. The lowest BCUT2D eigenvalue weighted by Crippen LogP contribution is -2.44. The second-order valence-corrected chi connectivity index (χ2v) is 9.78. The third-order valence-corrected chi connectivity index (χ3v) is 4.38. The largest absolute Gasteiger partial charge is 0.443 e. The predicted molar refractivity (Wildman–Crippen MR) is 122 cm³/mol. The van der Waals surface area contributed by atoms with Crippen molar-refractivity contribution in [1.29, 1.82) is 0 Å². The molecule has 3 aromatic rings. The molecule has 0 unspecified atom stereocenters. The molecule has 0 bridgehead atoms. The number of nitrogens with one attached hydrogen (secondary N) is 1. The van der Waals surface area contributed by atoms with Crippen LogP contribution in [0.5, 0.6) is 0 Å². The fraction of sp³-hybridized carbons (Fsp3) is 0.364. The molecule has 2 amide bonds. The van der Waals surface area contributed by atoms with Gasteiger partial charge in [-0.2, -0.15) is 4.90 Å². The number of hydrogen-bond donors (Lipinski definition) is 1. The second-order valence-electron chi connectivity index (χ2n) is 8.97. The Morgan fingerprint density at radius 1 is 1.00 bits per heavy atom. The van der Waals surface area contributed by atoms with Gasteiger partial charge in [-0.05, 0) is 81.2 Å². The lowest BCUT2D eigenvalue weighted by atomic mass is 10.1. The molecule has 0 saturated carbocycles. The first-order valence-corrected chi connectivity index (χ1v) is 10.5. The number of pyridine rings is 2. The average molecular weight is 489 g/mol. The molecule has 0 spiro atoms. The van der Waals surface area contributed by atoms with Crippen LogP contribution >= 0.6 is 15.9 Å². The van der Waals surface area contributed by atoms with Crippen molar-refractivity contribution < 1.29 is 19.1 Å². The van der Waals surface area contributed by atoms with Crippen molar-refractivity contribution in [2.75, 3.05) is 4.90 Å². The van der Waals surface area contributed by atoms with Crippen LogP contribution in [0.15, 0.2) is 41.4 Å². The van der Waals surface area contributed by atoms with E-state index in [0.717, 1.165) is 21.4 Å². The summed E-state index contributed by atoms with van der Waals surface area (Å²) in [5, 5.41) is 0.720. The molecule has 9 heteroatoms. The van der Waals surface area contributed by atoms with Crippen LogP contribution in [0.1, 0.15) is 41.5 Å². The fourth-order valence-corrected chi connectivity index (χ4v) is 3.20. The van der Waals surface area contributed by atoms with Gasteiger partial charge in [0.05, 0.1) is 5.52 Å². The van der Waals surface area contributed by atoms with Crippen LogP contribution < -0.4 is 4.90 Å². The Hall–Kier alpha value is -2.94. The molecule has 0 aliphatic heterocycles. The number of fused-ring (bicyclic) bond motifs is 1. The van der Waals surface area contributed by atoms with Crippen molar-refractivity contribution in [3.05, 3.63) is 41.4 Å². The van der Waals surface area contributed by atoms with E-state index in [2.05, 4.69) is 30.9 Å². The smallest absolute Gasteiger partial charge is 0.425 e. The van der Waals surface area contributed by atoms with Gasteiger partial charge >= 0.3 is 12.2 Å². The number of nitrogens with zero attached hydrogens (tertiary/aromatic N) is 3. The number of hydrogen-bond acceptors (Lipinski definition) is 6. The standard InChI is InChI=1S/C22H25BrN4O4/c1-21(2,3)30-19(28)27(20(29)31-22(4,5)6)17-10-14-11-24-12-15(18(14)26-17)13-7-8-25-16(23)9-13/h7-12,26H,1-6H3. The summed E-state index contributed by atoms with van der Waals surface area (Å²) in [6.45, 7) is 10.4. The number of aromatic nitrogens is 3. The molecule has 0 saturated heterocycles. The van der Waals surface area contributed by atoms with Crippen LogP contribution in [-0.2, 0) is 9.47 Å². The zero-order chi connectivity index (χ0) is 23.0. The minimum atomic E-state index is -0.838. The van der Waals surface area contributed by atoms with Gasteiger partial charge in [-0.15, -0.1) is 0 Å². The van der Waals surface area contributed by atoms with E-state index in [0.29, 0.717) is 10.1 Å². The van der Waals surface area contributed by atoms with Crippen molar-refractivity contribution >= 4 is 44.8 Å². The number of carbonyl (C=O) groups excluding carboxylic acids is 2. The van der Waals surface area contributed by atoms with Crippen LogP contribution in [0, 0.1) is 0 Å². The molecule has 0 atom stereocenters. The summed E-state index contributed by atoms with van der Waals surface area (Å²) in [5.41, 5.74) is 0.786. The van der Waals surface area contributed by atoms with E-state index >= 15 is 0 Å². The number of amides is 2. The monoisotopic (exact) mass is 488 g/mol. The van der Waals surface area contributed by atoms with Gasteiger partial charge < -0.3 is 14.5 Å². The molecule has 8 nitrogen and oxygen atoms in total. The molecule has 3 heterocycles. The number of carbonyl (C=O) groups is 2. The number of rotatable bonds is 2. The maximum Gasteiger partial charge on any atom is 0.425 e. The fourth-order valence-electron chi connectivity index (χ4n) is 2.83. The molecular weight excluding hydrogens is 464 g/mol. The summed E-state index contributed by atoms with van der Waals surface area (Å²) in [5.74, 6) is 0.223.